The highest BCUT2D eigenvalue weighted by Gasteiger charge is 2.18. The summed E-state index contributed by atoms with van der Waals surface area (Å²) in [5.41, 5.74) is 2.53. The molecular weight excluding hydrogens is 348 g/mol. The van der Waals surface area contributed by atoms with Gasteiger partial charge < -0.3 is 5.32 Å². The SMILES string of the molecule is C/C=C/CCNC(=O)c1cc(S(=O)(=O)Nc2cccc(C)c2)ccc1C. The number of rotatable bonds is 7. The van der Waals surface area contributed by atoms with Crippen LogP contribution in [0.1, 0.15) is 34.8 Å². The molecule has 0 aromatic heterocycles. The van der Waals surface area contributed by atoms with Crippen LogP contribution in [0.15, 0.2) is 59.5 Å². The maximum atomic E-state index is 12.6. The normalized spacial score (nSPS) is 11.5. The fraction of sp³-hybridized carbons (Fsp3) is 0.250. The van der Waals surface area contributed by atoms with E-state index < -0.39 is 10.0 Å². The molecule has 5 nitrogen and oxygen atoms in total. The van der Waals surface area contributed by atoms with Crippen molar-refractivity contribution in [2.24, 2.45) is 0 Å². The van der Waals surface area contributed by atoms with Gasteiger partial charge in [-0.3, -0.25) is 9.52 Å². The minimum Gasteiger partial charge on any atom is -0.352 e. The fourth-order valence-electron chi connectivity index (χ4n) is 2.47. The average molecular weight is 372 g/mol. The van der Waals surface area contributed by atoms with E-state index in [-0.39, 0.29) is 10.8 Å². The van der Waals surface area contributed by atoms with Gasteiger partial charge in [0.25, 0.3) is 15.9 Å². The van der Waals surface area contributed by atoms with Crippen LogP contribution < -0.4 is 10.0 Å². The van der Waals surface area contributed by atoms with Crippen LogP contribution in [0, 0.1) is 13.8 Å². The van der Waals surface area contributed by atoms with Crippen molar-refractivity contribution >= 4 is 21.6 Å². The molecule has 2 aromatic carbocycles. The minimum absolute atomic E-state index is 0.0585. The third kappa shape index (κ3) is 5.20. The number of aryl methyl sites for hydroxylation is 2. The van der Waals surface area contributed by atoms with E-state index in [0.29, 0.717) is 17.8 Å². The summed E-state index contributed by atoms with van der Waals surface area (Å²) >= 11 is 0. The van der Waals surface area contributed by atoms with Crippen molar-refractivity contribution in [3.63, 3.8) is 0 Å². The third-order valence-electron chi connectivity index (χ3n) is 3.87. The second-order valence-corrected chi connectivity index (χ2v) is 7.75. The molecule has 0 saturated heterocycles. The minimum atomic E-state index is -3.77. The number of benzene rings is 2. The Balaban J connectivity index is 2.23. The number of carbonyl (C=O) groups is 1. The lowest BCUT2D eigenvalue weighted by Gasteiger charge is -2.12. The monoisotopic (exact) mass is 372 g/mol. The number of nitrogens with one attached hydrogen (secondary N) is 2. The smallest absolute Gasteiger partial charge is 0.261 e. The standard InChI is InChI=1S/C20H24N2O3S/c1-4-5-6-12-21-20(23)19-14-18(11-10-16(19)3)26(24,25)22-17-9-7-8-15(2)13-17/h4-5,7-11,13-14,22H,6,12H2,1-3H3,(H,21,23)/b5-4+. The molecule has 0 spiro atoms. The predicted octanol–water partition coefficient (Wildman–Crippen LogP) is 3.80. The topological polar surface area (TPSA) is 75.3 Å². The summed E-state index contributed by atoms with van der Waals surface area (Å²) in [5.74, 6) is -0.278. The first kappa shape index (κ1) is 19.7. The van der Waals surface area contributed by atoms with Crippen LogP contribution in [0.25, 0.3) is 0 Å². The summed E-state index contributed by atoms with van der Waals surface area (Å²) in [4.78, 5) is 12.4. The molecule has 2 rings (SSSR count). The van der Waals surface area contributed by atoms with Crippen molar-refractivity contribution in [3.8, 4) is 0 Å². The number of hydrogen-bond donors (Lipinski definition) is 2. The fourth-order valence-corrected chi connectivity index (χ4v) is 3.54. The molecule has 0 heterocycles. The molecule has 138 valence electrons. The van der Waals surface area contributed by atoms with Gasteiger partial charge >= 0.3 is 0 Å². The molecule has 0 aliphatic carbocycles. The Bertz CT molecular complexity index is 918. The van der Waals surface area contributed by atoms with Gasteiger partial charge in [-0.05, 0) is 62.6 Å². The highest BCUT2D eigenvalue weighted by molar-refractivity contribution is 7.92. The van der Waals surface area contributed by atoms with Crippen LogP contribution >= 0.6 is 0 Å². The predicted molar refractivity (Wildman–Crippen MR) is 105 cm³/mol. The zero-order chi connectivity index (χ0) is 19.2. The lowest BCUT2D eigenvalue weighted by atomic mass is 10.1. The van der Waals surface area contributed by atoms with E-state index in [4.69, 9.17) is 0 Å². The van der Waals surface area contributed by atoms with Gasteiger partial charge in [-0.25, -0.2) is 8.42 Å². The van der Waals surface area contributed by atoms with Crippen molar-refractivity contribution in [2.45, 2.75) is 32.1 Å². The van der Waals surface area contributed by atoms with Gasteiger partial charge in [0.2, 0.25) is 0 Å². The highest BCUT2D eigenvalue weighted by Crippen LogP contribution is 2.20. The summed E-state index contributed by atoms with van der Waals surface area (Å²) in [6.45, 7) is 6.09. The van der Waals surface area contributed by atoms with Gasteiger partial charge in [0.15, 0.2) is 0 Å². The summed E-state index contributed by atoms with van der Waals surface area (Å²) in [6, 6.07) is 11.7. The van der Waals surface area contributed by atoms with Crippen molar-refractivity contribution in [1.29, 1.82) is 0 Å². The lowest BCUT2D eigenvalue weighted by Crippen LogP contribution is -2.25. The Morgan fingerprint density at radius 1 is 1.12 bits per heavy atom. The lowest BCUT2D eigenvalue weighted by molar-refractivity contribution is 0.0953. The van der Waals surface area contributed by atoms with E-state index in [1.807, 2.05) is 32.1 Å². The first-order chi connectivity index (χ1) is 12.3. The molecule has 0 fully saturated rings. The molecule has 6 heteroatoms. The molecule has 0 aliphatic rings. The van der Waals surface area contributed by atoms with Gasteiger partial charge in [0, 0.05) is 17.8 Å². The summed E-state index contributed by atoms with van der Waals surface area (Å²) in [6.07, 6.45) is 4.61. The van der Waals surface area contributed by atoms with Crippen molar-refractivity contribution < 1.29 is 13.2 Å². The Labute approximate surface area is 155 Å². The first-order valence-electron chi connectivity index (χ1n) is 8.43. The second kappa shape index (κ2) is 8.67. The maximum Gasteiger partial charge on any atom is 0.261 e. The van der Waals surface area contributed by atoms with Crippen LogP contribution in [0.4, 0.5) is 5.69 Å². The van der Waals surface area contributed by atoms with Crippen LogP contribution in [-0.4, -0.2) is 20.9 Å². The van der Waals surface area contributed by atoms with Crippen LogP contribution in [0.2, 0.25) is 0 Å². The Hall–Kier alpha value is -2.60. The average Bonchev–Trinajstić information content (AvgIpc) is 2.58. The summed E-state index contributed by atoms with van der Waals surface area (Å²) < 4.78 is 27.8. The largest absolute Gasteiger partial charge is 0.352 e. The Morgan fingerprint density at radius 2 is 1.88 bits per heavy atom. The van der Waals surface area contributed by atoms with Gasteiger partial charge in [-0.2, -0.15) is 0 Å². The molecule has 0 radical (unpaired) electrons. The quantitative estimate of drug-likeness (QED) is 0.573. The number of allylic oxidation sites excluding steroid dienone is 1. The van der Waals surface area contributed by atoms with E-state index >= 15 is 0 Å². The summed E-state index contributed by atoms with van der Waals surface area (Å²) in [5, 5.41) is 2.81. The van der Waals surface area contributed by atoms with E-state index in [0.717, 1.165) is 17.5 Å². The van der Waals surface area contributed by atoms with Crippen molar-refractivity contribution in [3.05, 3.63) is 71.3 Å². The highest BCUT2D eigenvalue weighted by atomic mass is 32.2. The van der Waals surface area contributed by atoms with Gasteiger partial charge in [0.1, 0.15) is 0 Å². The molecule has 0 saturated carbocycles. The molecule has 0 aliphatic heterocycles. The molecule has 0 bridgehead atoms. The van der Waals surface area contributed by atoms with Gasteiger partial charge in [0.05, 0.1) is 4.90 Å². The Morgan fingerprint density at radius 3 is 2.58 bits per heavy atom. The third-order valence-corrected chi connectivity index (χ3v) is 5.25. The maximum absolute atomic E-state index is 12.6. The molecule has 26 heavy (non-hydrogen) atoms. The molecule has 0 unspecified atom stereocenters. The van der Waals surface area contributed by atoms with E-state index in [1.54, 1.807) is 31.2 Å². The number of anilines is 1. The van der Waals surface area contributed by atoms with Gasteiger partial charge in [-0.15, -0.1) is 0 Å². The zero-order valence-corrected chi connectivity index (χ0v) is 16.1. The Kier molecular flexibility index (Phi) is 6.58. The molecular formula is C20H24N2O3S. The van der Waals surface area contributed by atoms with E-state index in [2.05, 4.69) is 10.0 Å². The zero-order valence-electron chi connectivity index (χ0n) is 15.2. The first-order valence-corrected chi connectivity index (χ1v) is 9.91. The van der Waals surface area contributed by atoms with Crippen LogP contribution in [0.5, 0.6) is 0 Å². The summed E-state index contributed by atoms with van der Waals surface area (Å²) in [7, 11) is -3.77. The molecule has 0 atom stereocenters. The number of amides is 1. The van der Waals surface area contributed by atoms with Crippen molar-refractivity contribution in [2.75, 3.05) is 11.3 Å². The number of hydrogen-bond acceptors (Lipinski definition) is 3. The van der Waals surface area contributed by atoms with E-state index in [9.17, 15) is 13.2 Å². The second-order valence-electron chi connectivity index (χ2n) is 6.07. The van der Waals surface area contributed by atoms with E-state index in [1.165, 1.54) is 12.1 Å². The molecule has 2 N–H and O–H groups in total. The van der Waals surface area contributed by atoms with Gasteiger partial charge in [-0.1, -0.05) is 30.4 Å². The number of sulfonamides is 1. The number of carbonyl (C=O) groups excluding carboxylic acids is 1. The van der Waals surface area contributed by atoms with Crippen molar-refractivity contribution in [1.82, 2.24) is 5.32 Å². The molecule has 2 aromatic rings. The molecule has 1 amide bonds. The van der Waals surface area contributed by atoms with Crippen LogP contribution in [-0.2, 0) is 10.0 Å². The van der Waals surface area contributed by atoms with Crippen LogP contribution in [0.3, 0.4) is 0 Å².